The Hall–Kier alpha value is -3.92. The molecule has 0 aliphatic heterocycles. The molecule has 0 aliphatic rings. The zero-order valence-corrected chi connectivity index (χ0v) is 18.5. The van der Waals surface area contributed by atoms with Gasteiger partial charge in [-0.05, 0) is 67.4 Å². The third kappa shape index (κ3) is 4.54. The van der Waals surface area contributed by atoms with E-state index in [1.54, 1.807) is 92.8 Å². The molecule has 9 nitrogen and oxygen atoms in total. The van der Waals surface area contributed by atoms with Gasteiger partial charge >= 0.3 is 0 Å². The second-order valence-corrected chi connectivity index (χ2v) is 8.67. The Balaban J connectivity index is 1.46. The number of ether oxygens (including phenoxy) is 2. The van der Waals surface area contributed by atoms with E-state index in [0.717, 1.165) is 5.56 Å². The fraction of sp³-hybridized carbons (Fsp3) is 0.136. The Morgan fingerprint density at radius 1 is 0.969 bits per heavy atom. The van der Waals surface area contributed by atoms with Crippen molar-refractivity contribution in [3.63, 3.8) is 0 Å². The SMILES string of the molecule is COc1cc(C)c(S(=O)(=O)Nc2ccc(Oc3ccc(-n4ccnc4)nn3)cc2)cc1C. The fourth-order valence-electron chi connectivity index (χ4n) is 3.09. The Labute approximate surface area is 185 Å². The number of sulfonamides is 1. The summed E-state index contributed by atoms with van der Waals surface area (Å²) in [4.78, 5) is 4.17. The van der Waals surface area contributed by atoms with Gasteiger partial charge in [-0.25, -0.2) is 13.4 Å². The monoisotopic (exact) mass is 451 g/mol. The molecule has 2 heterocycles. The quantitative estimate of drug-likeness (QED) is 0.454. The normalized spacial score (nSPS) is 11.2. The topological polar surface area (TPSA) is 108 Å². The summed E-state index contributed by atoms with van der Waals surface area (Å²) in [5.74, 6) is 2.06. The molecular weight excluding hydrogens is 430 g/mol. The van der Waals surface area contributed by atoms with Crippen LogP contribution in [0.15, 0.2) is 72.1 Å². The van der Waals surface area contributed by atoms with E-state index in [1.807, 2.05) is 0 Å². The van der Waals surface area contributed by atoms with Crippen molar-refractivity contribution < 1.29 is 17.9 Å². The number of nitrogens with zero attached hydrogens (tertiary/aromatic N) is 4. The minimum Gasteiger partial charge on any atom is -0.496 e. The number of imidazole rings is 1. The van der Waals surface area contributed by atoms with Crippen LogP contribution in [0.25, 0.3) is 5.82 Å². The highest BCUT2D eigenvalue weighted by molar-refractivity contribution is 7.92. The molecule has 0 amide bonds. The van der Waals surface area contributed by atoms with Crippen LogP contribution in [-0.2, 0) is 10.0 Å². The van der Waals surface area contributed by atoms with Crippen molar-refractivity contribution in [2.45, 2.75) is 18.7 Å². The van der Waals surface area contributed by atoms with Gasteiger partial charge in [0.05, 0.1) is 12.0 Å². The summed E-state index contributed by atoms with van der Waals surface area (Å²) in [7, 11) is -2.21. The third-order valence-corrected chi connectivity index (χ3v) is 6.23. The first-order valence-electron chi connectivity index (χ1n) is 9.64. The van der Waals surface area contributed by atoms with Gasteiger partial charge in [-0.3, -0.25) is 9.29 Å². The van der Waals surface area contributed by atoms with E-state index in [-0.39, 0.29) is 4.90 Å². The standard InChI is InChI=1S/C22H21N5O4S/c1-15-13-20(16(2)12-19(15)30-3)32(28,29)26-17-4-6-18(7-5-17)31-22-9-8-21(24-25-22)27-11-10-23-14-27/h4-14,26H,1-3H3. The van der Waals surface area contributed by atoms with E-state index in [9.17, 15) is 8.42 Å². The van der Waals surface area contributed by atoms with Crippen molar-refractivity contribution in [3.05, 3.63) is 78.4 Å². The number of rotatable bonds is 7. The molecule has 32 heavy (non-hydrogen) atoms. The maximum atomic E-state index is 12.9. The van der Waals surface area contributed by atoms with Gasteiger partial charge in [0.15, 0.2) is 5.82 Å². The molecular formula is C22H21N5O4S. The summed E-state index contributed by atoms with van der Waals surface area (Å²) in [5, 5.41) is 8.13. The molecule has 0 saturated heterocycles. The van der Waals surface area contributed by atoms with Gasteiger partial charge in [0.1, 0.15) is 17.8 Å². The first-order valence-corrected chi connectivity index (χ1v) is 11.1. The highest BCUT2D eigenvalue weighted by Crippen LogP contribution is 2.28. The third-order valence-electron chi connectivity index (χ3n) is 4.71. The molecule has 0 aliphatic carbocycles. The molecule has 1 N–H and O–H groups in total. The molecule has 0 bridgehead atoms. The lowest BCUT2D eigenvalue weighted by molar-refractivity contribution is 0.411. The average molecular weight is 452 g/mol. The van der Waals surface area contributed by atoms with Crippen molar-refractivity contribution in [2.24, 2.45) is 0 Å². The lowest BCUT2D eigenvalue weighted by atomic mass is 10.1. The van der Waals surface area contributed by atoms with Crippen LogP contribution in [0.2, 0.25) is 0 Å². The first kappa shape index (κ1) is 21.3. The molecule has 0 saturated carbocycles. The highest BCUT2D eigenvalue weighted by atomic mass is 32.2. The van der Waals surface area contributed by atoms with Gasteiger partial charge in [0.25, 0.3) is 10.0 Å². The van der Waals surface area contributed by atoms with Gasteiger partial charge in [-0.15, -0.1) is 10.2 Å². The zero-order chi connectivity index (χ0) is 22.7. The van der Waals surface area contributed by atoms with Crippen molar-refractivity contribution >= 4 is 15.7 Å². The summed E-state index contributed by atoms with van der Waals surface area (Å²) >= 11 is 0. The van der Waals surface area contributed by atoms with Crippen LogP contribution >= 0.6 is 0 Å². The Morgan fingerprint density at radius 2 is 1.75 bits per heavy atom. The van der Waals surface area contributed by atoms with E-state index in [2.05, 4.69) is 19.9 Å². The lowest BCUT2D eigenvalue weighted by Crippen LogP contribution is -2.14. The van der Waals surface area contributed by atoms with Crippen LogP contribution in [0.1, 0.15) is 11.1 Å². The number of hydrogen-bond donors (Lipinski definition) is 1. The molecule has 10 heteroatoms. The predicted octanol–water partition coefficient (Wildman–Crippen LogP) is 3.88. The number of anilines is 1. The van der Waals surface area contributed by atoms with E-state index < -0.39 is 10.0 Å². The maximum absolute atomic E-state index is 12.9. The van der Waals surface area contributed by atoms with Crippen LogP contribution in [0.5, 0.6) is 17.4 Å². The zero-order valence-electron chi connectivity index (χ0n) is 17.7. The van der Waals surface area contributed by atoms with Gasteiger partial charge in [0, 0.05) is 24.1 Å². The van der Waals surface area contributed by atoms with Gasteiger partial charge in [-0.2, -0.15) is 0 Å². The molecule has 0 spiro atoms. The number of benzene rings is 2. The molecule has 0 unspecified atom stereocenters. The van der Waals surface area contributed by atoms with E-state index in [0.29, 0.717) is 34.4 Å². The second kappa shape index (κ2) is 8.67. The largest absolute Gasteiger partial charge is 0.496 e. The van der Waals surface area contributed by atoms with Crippen LogP contribution in [-0.4, -0.2) is 35.3 Å². The molecule has 4 rings (SSSR count). The van der Waals surface area contributed by atoms with Crippen LogP contribution in [0, 0.1) is 13.8 Å². The fourth-order valence-corrected chi connectivity index (χ4v) is 4.47. The van der Waals surface area contributed by atoms with Crippen molar-refractivity contribution in [2.75, 3.05) is 11.8 Å². The van der Waals surface area contributed by atoms with Crippen molar-refractivity contribution in [1.82, 2.24) is 19.7 Å². The van der Waals surface area contributed by atoms with Gasteiger partial charge in [0.2, 0.25) is 5.88 Å². The number of hydrogen-bond acceptors (Lipinski definition) is 7. The number of methoxy groups -OCH3 is 1. The number of nitrogens with one attached hydrogen (secondary N) is 1. The molecule has 0 radical (unpaired) electrons. The summed E-state index contributed by atoms with van der Waals surface area (Å²) in [6.45, 7) is 3.53. The summed E-state index contributed by atoms with van der Waals surface area (Å²) in [5.41, 5.74) is 1.74. The first-order chi connectivity index (χ1) is 15.4. The molecule has 0 atom stereocenters. The number of aryl methyl sites for hydroxylation is 2. The Bertz CT molecular complexity index is 1320. The number of aromatic nitrogens is 4. The summed E-state index contributed by atoms with van der Waals surface area (Å²) in [6.07, 6.45) is 5.04. The van der Waals surface area contributed by atoms with Gasteiger partial charge in [-0.1, -0.05) is 0 Å². The second-order valence-electron chi connectivity index (χ2n) is 7.02. The minimum absolute atomic E-state index is 0.199. The van der Waals surface area contributed by atoms with Gasteiger partial charge < -0.3 is 9.47 Å². The maximum Gasteiger partial charge on any atom is 0.262 e. The average Bonchev–Trinajstić information content (AvgIpc) is 3.31. The summed E-state index contributed by atoms with van der Waals surface area (Å²) < 4.78 is 41.0. The van der Waals surface area contributed by atoms with Crippen LogP contribution < -0.4 is 14.2 Å². The smallest absolute Gasteiger partial charge is 0.262 e. The predicted molar refractivity (Wildman–Crippen MR) is 119 cm³/mol. The molecule has 164 valence electrons. The lowest BCUT2D eigenvalue weighted by Gasteiger charge is -2.14. The molecule has 2 aromatic heterocycles. The molecule has 0 fully saturated rings. The van der Waals surface area contributed by atoms with Crippen LogP contribution in [0.3, 0.4) is 0 Å². The van der Waals surface area contributed by atoms with E-state index in [4.69, 9.17) is 9.47 Å². The van der Waals surface area contributed by atoms with E-state index in [1.165, 1.54) is 0 Å². The van der Waals surface area contributed by atoms with Crippen LogP contribution in [0.4, 0.5) is 5.69 Å². The van der Waals surface area contributed by atoms with Crippen molar-refractivity contribution in [1.29, 1.82) is 0 Å². The highest BCUT2D eigenvalue weighted by Gasteiger charge is 2.19. The Morgan fingerprint density at radius 3 is 2.38 bits per heavy atom. The Kier molecular flexibility index (Phi) is 5.78. The molecule has 4 aromatic rings. The van der Waals surface area contributed by atoms with E-state index >= 15 is 0 Å². The minimum atomic E-state index is -3.77. The van der Waals surface area contributed by atoms with Crippen molar-refractivity contribution in [3.8, 4) is 23.2 Å². The molecule has 2 aromatic carbocycles. The summed E-state index contributed by atoms with van der Waals surface area (Å²) in [6, 6.07) is 13.3.